The molecular weight excluding hydrogens is 340 g/mol. The van der Waals surface area contributed by atoms with E-state index in [0.29, 0.717) is 19.8 Å². The van der Waals surface area contributed by atoms with Crippen molar-refractivity contribution in [3.05, 3.63) is 0 Å². The van der Waals surface area contributed by atoms with Crippen LogP contribution in [0.25, 0.3) is 0 Å². The topological polar surface area (TPSA) is 159 Å². The number of hydrogen-bond acceptors (Lipinski definition) is 7. The summed E-state index contributed by atoms with van der Waals surface area (Å²) in [5.74, 6) is -4.52. The highest BCUT2D eigenvalue weighted by Crippen LogP contribution is 2.50. The number of epoxide rings is 3. The Balaban J connectivity index is 2.01. The van der Waals surface area contributed by atoms with Gasteiger partial charge in [0.15, 0.2) is 5.60 Å². The van der Waals surface area contributed by atoms with Crippen molar-refractivity contribution in [3.8, 4) is 0 Å². The summed E-state index contributed by atoms with van der Waals surface area (Å²) in [6, 6.07) is 0. The molecule has 4 unspecified atom stereocenters. The van der Waals surface area contributed by atoms with Crippen LogP contribution in [0.1, 0.15) is 19.3 Å². The van der Waals surface area contributed by atoms with Crippen molar-refractivity contribution in [2.45, 2.75) is 43.2 Å². The molecule has 0 amide bonds. The summed E-state index contributed by atoms with van der Waals surface area (Å²) < 4.78 is 20.7. The lowest BCUT2D eigenvalue weighted by Crippen LogP contribution is -2.62. The fourth-order valence-electron chi connectivity index (χ4n) is 3.22. The summed E-state index contributed by atoms with van der Waals surface area (Å²) in [5.41, 5.74) is -4.44. The number of aliphatic carboxylic acids is 3. The Bertz CT molecular complexity index is 549. The molecule has 0 aliphatic carbocycles. The molecule has 0 saturated carbocycles. The molecule has 3 rings (SSSR count). The maximum atomic E-state index is 12.3. The highest BCUT2D eigenvalue weighted by atomic mass is 16.6. The number of hydrogen-bond donors (Lipinski definition) is 3. The van der Waals surface area contributed by atoms with E-state index >= 15 is 0 Å². The van der Waals surface area contributed by atoms with Crippen LogP contribution in [0.15, 0.2) is 0 Å². The first-order chi connectivity index (χ1) is 11.8. The predicted molar refractivity (Wildman–Crippen MR) is 77.1 cm³/mol. The molecule has 3 aliphatic rings. The van der Waals surface area contributed by atoms with E-state index < -0.39 is 47.6 Å². The maximum Gasteiger partial charge on any atom is 0.337 e. The van der Waals surface area contributed by atoms with Gasteiger partial charge in [0.05, 0.1) is 45.1 Å². The minimum absolute atomic E-state index is 0.159. The average Bonchev–Trinajstić information content (AvgIpc) is 3.33. The van der Waals surface area contributed by atoms with Gasteiger partial charge in [0.25, 0.3) is 0 Å². The van der Waals surface area contributed by atoms with Crippen molar-refractivity contribution in [3.63, 3.8) is 0 Å². The quantitative estimate of drug-likeness (QED) is 0.382. The first kappa shape index (κ1) is 18.1. The van der Waals surface area contributed by atoms with Crippen molar-refractivity contribution in [1.29, 1.82) is 0 Å². The van der Waals surface area contributed by atoms with Crippen molar-refractivity contribution in [1.82, 2.24) is 0 Å². The van der Waals surface area contributed by atoms with E-state index in [1.165, 1.54) is 0 Å². The van der Waals surface area contributed by atoms with Crippen LogP contribution >= 0.6 is 0 Å². The lowest BCUT2D eigenvalue weighted by Gasteiger charge is -2.43. The Morgan fingerprint density at radius 2 is 1.36 bits per heavy atom. The van der Waals surface area contributed by atoms with E-state index in [2.05, 4.69) is 0 Å². The van der Waals surface area contributed by atoms with Gasteiger partial charge in [0.1, 0.15) is 11.5 Å². The highest BCUT2D eigenvalue weighted by molar-refractivity contribution is 5.92. The molecule has 25 heavy (non-hydrogen) atoms. The molecule has 0 spiro atoms. The molecule has 3 saturated heterocycles. The van der Waals surface area contributed by atoms with Crippen LogP contribution in [0.5, 0.6) is 0 Å². The zero-order valence-electron chi connectivity index (χ0n) is 13.4. The van der Waals surface area contributed by atoms with E-state index in [-0.39, 0.29) is 25.6 Å². The first-order valence-electron chi connectivity index (χ1n) is 7.96. The standard InChI is InChI=1S/C15H20O10/c16-11(17)3-15(13(20)21,25-7-10-6-24-10)14(12(18)19,1-8-4-22-8)2-9-5-23-9/h8-10H,1-7H2,(H,16,17)(H,18,19)(H,20,21). The van der Waals surface area contributed by atoms with Crippen molar-refractivity contribution in [2.24, 2.45) is 5.41 Å². The number of ether oxygens (including phenoxy) is 4. The molecule has 3 aliphatic heterocycles. The molecule has 0 aromatic rings. The second kappa shape index (κ2) is 6.52. The maximum absolute atomic E-state index is 12.3. The molecule has 4 atom stereocenters. The van der Waals surface area contributed by atoms with Gasteiger partial charge in [-0.1, -0.05) is 0 Å². The third-order valence-corrected chi connectivity index (χ3v) is 4.80. The van der Waals surface area contributed by atoms with E-state index in [1.54, 1.807) is 0 Å². The summed E-state index contributed by atoms with van der Waals surface area (Å²) in [6.07, 6.45) is -2.54. The van der Waals surface area contributed by atoms with Crippen LogP contribution in [0.3, 0.4) is 0 Å². The third-order valence-electron chi connectivity index (χ3n) is 4.80. The van der Waals surface area contributed by atoms with E-state index in [4.69, 9.17) is 18.9 Å². The van der Waals surface area contributed by atoms with Crippen LogP contribution in [0.4, 0.5) is 0 Å². The zero-order valence-corrected chi connectivity index (χ0v) is 13.4. The van der Waals surface area contributed by atoms with Gasteiger partial charge in [0.2, 0.25) is 0 Å². The Kier molecular flexibility index (Phi) is 4.71. The molecule has 0 aromatic heterocycles. The van der Waals surface area contributed by atoms with Crippen molar-refractivity contribution >= 4 is 17.9 Å². The van der Waals surface area contributed by atoms with Gasteiger partial charge in [-0.15, -0.1) is 0 Å². The molecule has 140 valence electrons. The monoisotopic (exact) mass is 360 g/mol. The van der Waals surface area contributed by atoms with Gasteiger partial charge in [0, 0.05) is 0 Å². The number of carboxylic acid groups (broad SMARTS) is 3. The summed E-state index contributed by atoms with van der Waals surface area (Å²) in [7, 11) is 0. The minimum atomic E-state index is -2.45. The van der Waals surface area contributed by atoms with Crippen molar-refractivity contribution < 1.29 is 48.7 Å². The number of carboxylic acids is 3. The van der Waals surface area contributed by atoms with Gasteiger partial charge < -0.3 is 34.3 Å². The molecule has 3 fully saturated rings. The molecule has 10 heteroatoms. The van der Waals surface area contributed by atoms with Crippen LogP contribution in [0.2, 0.25) is 0 Å². The smallest absolute Gasteiger partial charge is 0.337 e. The highest BCUT2D eigenvalue weighted by Gasteiger charge is 2.67. The average molecular weight is 360 g/mol. The van der Waals surface area contributed by atoms with Crippen LogP contribution in [-0.4, -0.2) is 83.6 Å². The summed E-state index contributed by atoms with van der Waals surface area (Å²) in [5, 5.41) is 29.2. The number of rotatable bonds is 12. The summed E-state index contributed by atoms with van der Waals surface area (Å²) >= 11 is 0. The second-order valence-electron chi connectivity index (χ2n) is 6.68. The zero-order chi connectivity index (χ0) is 18.2. The molecule has 3 N–H and O–H groups in total. The molecular formula is C15H20O10. The largest absolute Gasteiger partial charge is 0.481 e. The molecule has 0 radical (unpaired) electrons. The SMILES string of the molecule is O=C(O)CC(OCC1CO1)(C(=O)O)C(CC1CO1)(CC1CO1)C(=O)O. The van der Waals surface area contributed by atoms with Gasteiger partial charge in [-0.3, -0.25) is 9.59 Å². The van der Waals surface area contributed by atoms with Crippen LogP contribution in [0, 0.1) is 5.41 Å². The normalized spacial score (nSPS) is 31.4. The fraction of sp³-hybridized carbons (Fsp3) is 0.800. The second-order valence-corrected chi connectivity index (χ2v) is 6.68. The first-order valence-corrected chi connectivity index (χ1v) is 7.96. The molecule has 10 nitrogen and oxygen atoms in total. The van der Waals surface area contributed by atoms with E-state index in [1.807, 2.05) is 0 Å². The van der Waals surface area contributed by atoms with Crippen molar-refractivity contribution in [2.75, 3.05) is 26.4 Å². The van der Waals surface area contributed by atoms with Gasteiger partial charge in [-0.25, -0.2) is 4.79 Å². The molecule has 0 aromatic carbocycles. The molecule has 3 heterocycles. The van der Waals surface area contributed by atoms with E-state index in [0.717, 1.165) is 0 Å². The van der Waals surface area contributed by atoms with Gasteiger partial charge >= 0.3 is 17.9 Å². The fourth-order valence-corrected chi connectivity index (χ4v) is 3.22. The predicted octanol–water partition coefficient (Wildman–Crippen LogP) is -0.651. The van der Waals surface area contributed by atoms with Gasteiger partial charge in [-0.2, -0.15) is 0 Å². The Morgan fingerprint density at radius 1 is 0.880 bits per heavy atom. The number of carbonyl (C=O) groups is 3. The summed E-state index contributed by atoms with van der Waals surface area (Å²) in [6.45, 7) is 0.774. The Morgan fingerprint density at radius 3 is 1.68 bits per heavy atom. The van der Waals surface area contributed by atoms with Crippen LogP contribution in [-0.2, 0) is 33.3 Å². The Labute approximate surface area is 142 Å². The summed E-state index contributed by atoms with van der Waals surface area (Å²) in [4.78, 5) is 35.9. The Hall–Kier alpha value is -1.75. The van der Waals surface area contributed by atoms with Crippen LogP contribution < -0.4 is 0 Å². The lowest BCUT2D eigenvalue weighted by atomic mass is 9.64. The minimum Gasteiger partial charge on any atom is -0.481 e. The van der Waals surface area contributed by atoms with Gasteiger partial charge in [-0.05, 0) is 12.8 Å². The third kappa shape index (κ3) is 3.76. The molecule has 0 bridgehead atoms. The van der Waals surface area contributed by atoms with E-state index in [9.17, 15) is 29.7 Å². The lowest BCUT2D eigenvalue weighted by molar-refractivity contribution is -0.209.